The van der Waals surface area contributed by atoms with Crippen LogP contribution in [0.4, 0.5) is 17.1 Å². The molecule has 0 radical (unpaired) electrons. The summed E-state index contributed by atoms with van der Waals surface area (Å²) in [5, 5.41) is 0. The van der Waals surface area contributed by atoms with Crippen LogP contribution in [0.5, 0.6) is 0 Å². The van der Waals surface area contributed by atoms with E-state index in [1.807, 2.05) is 24.3 Å². The number of anilines is 3. The van der Waals surface area contributed by atoms with Crippen LogP contribution < -0.4 is 4.90 Å². The highest BCUT2D eigenvalue weighted by molar-refractivity contribution is 5.93. The predicted octanol–water partition coefficient (Wildman–Crippen LogP) is 18.7. The highest BCUT2D eigenvalue weighted by Gasteiger charge is 2.17. The van der Waals surface area contributed by atoms with Gasteiger partial charge in [-0.25, -0.2) is 4.98 Å². The highest BCUT2D eigenvalue weighted by Crippen LogP contribution is 2.42. The van der Waals surface area contributed by atoms with E-state index in [0.717, 1.165) is 63.3 Å². The van der Waals surface area contributed by atoms with Gasteiger partial charge in [-0.05, 0) is 164 Å². The Kier molecular flexibility index (Phi) is 11.4. The molecule has 3 nitrogen and oxygen atoms in total. The number of aromatic nitrogens is 1. The number of oxazole rings is 1. The van der Waals surface area contributed by atoms with Crippen LogP contribution in [0.25, 0.3) is 94.9 Å². The minimum absolute atomic E-state index is 0.624. The highest BCUT2D eigenvalue weighted by atomic mass is 16.3. The topological polar surface area (TPSA) is 29.3 Å². The van der Waals surface area contributed by atoms with Crippen LogP contribution in [0.3, 0.4) is 0 Å². The molecule has 332 valence electrons. The second-order valence-electron chi connectivity index (χ2n) is 17.8. The first kappa shape index (κ1) is 42.3. The fourth-order valence-electron chi connectivity index (χ4n) is 9.82. The lowest BCUT2D eigenvalue weighted by Gasteiger charge is -2.26. The van der Waals surface area contributed by atoms with Gasteiger partial charge in [0, 0.05) is 22.6 Å². The zero-order chi connectivity index (χ0) is 46.6. The van der Waals surface area contributed by atoms with Crippen molar-refractivity contribution in [2.24, 2.45) is 0 Å². The van der Waals surface area contributed by atoms with Gasteiger partial charge in [0.25, 0.3) is 0 Å². The summed E-state index contributed by atoms with van der Waals surface area (Å²) in [5.41, 5.74) is 22.7. The van der Waals surface area contributed by atoms with E-state index in [0.29, 0.717) is 5.89 Å². The van der Waals surface area contributed by atoms with Crippen molar-refractivity contribution in [2.75, 3.05) is 4.90 Å². The molecule has 1 aromatic heterocycles. The SMILES string of the molecule is C1=CCCC(c2cccc(-c3ccc(N(c4ccc(-c5cccc(-c6ccccc6)c5)cc4)c4ccc(-c5ccccc5-c5ccccc5-c5ccc(-c6nc7ccccc7o6)cc5)cc4)cc3)c2)=C1. The largest absolute Gasteiger partial charge is 0.436 e. The Morgan fingerprint density at radius 2 is 0.771 bits per heavy atom. The summed E-state index contributed by atoms with van der Waals surface area (Å²) >= 11 is 0. The van der Waals surface area contributed by atoms with Crippen LogP contribution in [-0.2, 0) is 0 Å². The molecule has 10 aromatic carbocycles. The van der Waals surface area contributed by atoms with E-state index in [9.17, 15) is 0 Å². The van der Waals surface area contributed by atoms with E-state index in [1.165, 1.54) is 61.2 Å². The number of hydrogen-bond donors (Lipinski definition) is 0. The van der Waals surface area contributed by atoms with Crippen molar-refractivity contribution in [3.8, 4) is 78.2 Å². The van der Waals surface area contributed by atoms with Crippen LogP contribution >= 0.6 is 0 Å². The monoisotopic (exact) mass is 896 g/mol. The molecular formula is C67H48N2O. The van der Waals surface area contributed by atoms with Gasteiger partial charge in [-0.1, -0.05) is 194 Å². The van der Waals surface area contributed by atoms with Crippen molar-refractivity contribution in [2.45, 2.75) is 12.8 Å². The summed E-state index contributed by atoms with van der Waals surface area (Å²) in [5.74, 6) is 0.624. The molecule has 0 spiro atoms. The molecule has 0 saturated carbocycles. The van der Waals surface area contributed by atoms with Gasteiger partial charge in [-0.15, -0.1) is 0 Å². The van der Waals surface area contributed by atoms with E-state index in [-0.39, 0.29) is 0 Å². The second-order valence-corrected chi connectivity index (χ2v) is 17.8. The van der Waals surface area contributed by atoms with Crippen molar-refractivity contribution in [3.63, 3.8) is 0 Å². The van der Waals surface area contributed by atoms with Crippen LogP contribution in [0, 0.1) is 0 Å². The van der Waals surface area contributed by atoms with E-state index in [4.69, 9.17) is 9.40 Å². The fourth-order valence-corrected chi connectivity index (χ4v) is 9.82. The van der Waals surface area contributed by atoms with Crippen molar-refractivity contribution in [3.05, 3.63) is 273 Å². The van der Waals surface area contributed by atoms with Crippen LogP contribution in [0.2, 0.25) is 0 Å². The van der Waals surface area contributed by atoms with E-state index in [1.54, 1.807) is 0 Å². The molecule has 70 heavy (non-hydrogen) atoms. The smallest absolute Gasteiger partial charge is 0.227 e. The summed E-state index contributed by atoms with van der Waals surface area (Å²) in [6.45, 7) is 0. The zero-order valence-corrected chi connectivity index (χ0v) is 38.6. The maximum absolute atomic E-state index is 6.09. The molecule has 11 aromatic rings. The first-order valence-electron chi connectivity index (χ1n) is 24.1. The average Bonchev–Trinajstić information content (AvgIpc) is 3.89. The van der Waals surface area contributed by atoms with Crippen molar-refractivity contribution >= 4 is 33.7 Å². The number of fused-ring (bicyclic) bond motifs is 1. The first-order chi connectivity index (χ1) is 34.7. The molecule has 1 aliphatic rings. The molecule has 0 bridgehead atoms. The standard InChI is InChI=1S/C67H48N2O/c1-3-15-47(16-4-1)54-19-13-21-56(45-54)49-33-39-58(40-34-49)69(59-41-35-50(36-42-59)57-22-14-20-55(46-57)48-17-5-2-6-18-48)60-43-37-52(38-44-60)62-24-8-10-26-64(62)63-25-9-7-23-61(63)51-29-31-53(32-30-51)67-68-65-27-11-12-28-66(65)70-67/h1-5,7-17,19-46H,6,18H2. The van der Waals surface area contributed by atoms with E-state index < -0.39 is 0 Å². The summed E-state index contributed by atoms with van der Waals surface area (Å²) in [6, 6.07) is 89.2. The Morgan fingerprint density at radius 1 is 0.343 bits per heavy atom. The number of para-hydroxylation sites is 2. The quantitative estimate of drug-likeness (QED) is 0.130. The second kappa shape index (κ2) is 18.9. The van der Waals surface area contributed by atoms with Crippen molar-refractivity contribution in [1.82, 2.24) is 4.98 Å². The molecule has 12 rings (SSSR count). The number of nitrogens with zero attached hydrogens (tertiary/aromatic N) is 2. The molecule has 1 aliphatic carbocycles. The normalized spacial score (nSPS) is 12.2. The lowest BCUT2D eigenvalue weighted by molar-refractivity contribution is 0.620. The Morgan fingerprint density at radius 3 is 1.31 bits per heavy atom. The molecule has 0 amide bonds. The van der Waals surface area contributed by atoms with Gasteiger partial charge in [0.1, 0.15) is 5.52 Å². The fraction of sp³-hybridized carbons (Fsp3) is 0.0299. The minimum Gasteiger partial charge on any atom is -0.436 e. The van der Waals surface area contributed by atoms with E-state index in [2.05, 4.69) is 248 Å². The predicted molar refractivity (Wildman–Crippen MR) is 293 cm³/mol. The minimum atomic E-state index is 0.624. The van der Waals surface area contributed by atoms with Gasteiger partial charge in [-0.3, -0.25) is 0 Å². The molecule has 0 unspecified atom stereocenters. The average molecular weight is 897 g/mol. The number of rotatable bonds is 11. The lowest BCUT2D eigenvalue weighted by Crippen LogP contribution is -2.09. The Hall–Kier alpha value is -9.05. The number of hydrogen-bond acceptors (Lipinski definition) is 3. The third-order valence-corrected chi connectivity index (χ3v) is 13.5. The van der Waals surface area contributed by atoms with Crippen LogP contribution in [0.1, 0.15) is 18.4 Å². The Labute approximate surface area is 409 Å². The number of allylic oxidation sites excluding steroid dienone is 4. The van der Waals surface area contributed by atoms with Crippen molar-refractivity contribution < 1.29 is 4.42 Å². The maximum atomic E-state index is 6.09. The molecule has 0 atom stereocenters. The third kappa shape index (κ3) is 8.57. The lowest BCUT2D eigenvalue weighted by atomic mass is 9.89. The maximum Gasteiger partial charge on any atom is 0.227 e. The molecule has 0 aliphatic heterocycles. The summed E-state index contributed by atoms with van der Waals surface area (Å²) < 4.78 is 6.09. The number of benzene rings is 10. The van der Waals surface area contributed by atoms with Gasteiger partial charge in [0.05, 0.1) is 0 Å². The van der Waals surface area contributed by atoms with Gasteiger partial charge < -0.3 is 9.32 Å². The van der Waals surface area contributed by atoms with E-state index >= 15 is 0 Å². The molecule has 0 fully saturated rings. The summed E-state index contributed by atoms with van der Waals surface area (Å²) in [4.78, 5) is 7.09. The molecular weight excluding hydrogens is 849 g/mol. The molecule has 1 heterocycles. The first-order valence-corrected chi connectivity index (χ1v) is 24.1. The molecule has 3 heteroatoms. The van der Waals surface area contributed by atoms with Gasteiger partial charge >= 0.3 is 0 Å². The Bertz CT molecular complexity index is 3640. The Balaban J connectivity index is 0.878. The van der Waals surface area contributed by atoms with Crippen molar-refractivity contribution in [1.29, 1.82) is 0 Å². The molecule has 0 saturated heterocycles. The van der Waals surface area contributed by atoms with Gasteiger partial charge in [0.15, 0.2) is 5.58 Å². The zero-order valence-electron chi connectivity index (χ0n) is 38.6. The molecule has 0 N–H and O–H groups in total. The third-order valence-electron chi connectivity index (χ3n) is 13.5. The summed E-state index contributed by atoms with van der Waals surface area (Å²) in [7, 11) is 0. The summed E-state index contributed by atoms with van der Waals surface area (Å²) in [6.07, 6.45) is 8.83. The van der Waals surface area contributed by atoms with Gasteiger partial charge in [0.2, 0.25) is 5.89 Å². The van der Waals surface area contributed by atoms with Gasteiger partial charge in [-0.2, -0.15) is 0 Å². The van der Waals surface area contributed by atoms with Crippen LogP contribution in [0.15, 0.2) is 271 Å². The van der Waals surface area contributed by atoms with Crippen LogP contribution in [-0.4, -0.2) is 4.98 Å².